The van der Waals surface area contributed by atoms with Crippen LogP contribution in [0.4, 0.5) is 21.8 Å². The molecule has 2 aromatic heterocycles. The molecule has 2 aliphatic rings. The van der Waals surface area contributed by atoms with Gasteiger partial charge in [-0.05, 0) is 25.3 Å². The lowest BCUT2D eigenvalue weighted by atomic mass is 10.2. The third kappa shape index (κ3) is 4.26. The highest BCUT2D eigenvalue weighted by molar-refractivity contribution is 5.61. The van der Waals surface area contributed by atoms with Crippen LogP contribution in [0.3, 0.4) is 0 Å². The number of benzene rings is 1. The summed E-state index contributed by atoms with van der Waals surface area (Å²) in [5.41, 5.74) is 2.67. The van der Waals surface area contributed by atoms with Crippen LogP contribution >= 0.6 is 0 Å². The molecule has 0 spiro atoms. The van der Waals surface area contributed by atoms with Crippen molar-refractivity contribution in [3.63, 3.8) is 0 Å². The van der Waals surface area contributed by atoms with Crippen LogP contribution in [-0.4, -0.2) is 53.2 Å². The predicted octanol–water partition coefficient (Wildman–Crippen LogP) is 3.85. The normalized spacial score (nSPS) is 18.3. The van der Waals surface area contributed by atoms with Crippen LogP contribution in [0.2, 0.25) is 0 Å². The molecule has 3 heterocycles. The van der Waals surface area contributed by atoms with Gasteiger partial charge in [0.25, 0.3) is 0 Å². The van der Waals surface area contributed by atoms with Gasteiger partial charge in [-0.3, -0.25) is 0 Å². The van der Waals surface area contributed by atoms with Crippen molar-refractivity contribution >= 4 is 17.5 Å². The van der Waals surface area contributed by atoms with Gasteiger partial charge in [0.1, 0.15) is 29.8 Å². The van der Waals surface area contributed by atoms with E-state index in [0.29, 0.717) is 42.9 Å². The average Bonchev–Trinajstić information content (AvgIpc) is 3.39. The summed E-state index contributed by atoms with van der Waals surface area (Å²) in [6, 6.07) is 9.51. The number of pyridine rings is 1. The van der Waals surface area contributed by atoms with E-state index in [0.717, 1.165) is 35.7 Å². The van der Waals surface area contributed by atoms with Gasteiger partial charge in [0, 0.05) is 48.1 Å². The number of nitrogens with one attached hydrogen (secondary N) is 1. The molecule has 1 saturated carbocycles. The minimum absolute atomic E-state index is 0.394. The van der Waals surface area contributed by atoms with E-state index in [1.807, 2.05) is 29.2 Å². The Balaban J connectivity index is 1.41. The molecule has 0 radical (unpaired) electrons. The zero-order valence-corrected chi connectivity index (χ0v) is 17.6. The number of nitrogens with zero attached hydrogens (tertiary/aromatic N) is 5. The fourth-order valence-corrected chi connectivity index (χ4v) is 3.78. The summed E-state index contributed by atoms with van der Waals surface area (Å²) in [6.07, 6.45) is 3.68. The molecule has 1 aromatic carbocycles. The molecule has 3 aromatic rings. The first-order valence-corrected chi connectivity index (χ1v) is 10.4. The molecule has 0 unspecified atom stereocenters. The zero-order chi connectivity index (χ0) is 21.4. The van der Waals surface area contributed by atoms with Crippen molar-refractivity contribution in [3.05, 3.63) is 42.4 Å². The number of anilines is 3. The van der Waals surface area contributed by atoms with Gasteiger partial charge in [-0.2, -0.15) is 4.98 Å². The Morgan fingerprint density at radius 3 is 2.45 bits per heavy atom. The highest BCUT2D eigenvalue weighted by Gasteiger charge is 2.28. The topological polar surface area (TPSA) is 77.3 Å². The summed E-state index contributed by atoms with van der Waals surface area (Å²) in [5, 5.41) is 7.83. The molecular weight excluding hydrogens is 399 g/mol. The lowest BCUT2D eigenvalue weighted by Crippen LogP contribution is -2.21. The van der Waals surface area contributed by atoms with Crippen LogP contribution < -0.4 is 19.7 Å². The van der Waals surface area contributed by atoms with Gasteiger partial charge >= 0.3 is 0 Å². The number of alkyl halides is 1. The highest BCUT2D eigenvalue weighted by Crippen LogP contribution is 2.41. The first kappa shape index (κ1) is 19.6. The molecule has 1 atom stereocenters. The summed E-state index contributed by atoms with van der Waals surface area (Å²) in [6.45, 7) is 1.08. The molecule has 1 aliphatic carbocycles. The Morgan fingerprint density at radius 2 is 1.81 bits per heavy atom. The first-order valence-electron chi connectivity index (χ1n) is 10.4. The maximum atomic E-state index is 13.7. The van der Waals surface area contributed by atoms with E-state index in [1.54, 1.807) is 31.3 Å². The SMILES string of the molecule is COc1cc(OC)cc(-n2cnc(Nc3cc(C4CC4)nc(N4CC[C@@H](F)C4)c3)n2)c1. The van der Waals surface area contributed by atoms with Gasteiger partial charge in [-0.15, -0.1) is 5.10 Å². The van der Waals surface area contributed by atoms with Gasteiger partial charge in [0.05, 0.1) is 26.5 Å². The van der Waals surface area contributed by atoms with E-state index < -0.39 is 6.17 Å². The summed E-state index contributed by atoms with van der Waals surface area (Å²) < 4.78 is 26.1. The molecule has 31 heavy (non-hydrogen) atoms. The number of ether oxygens (including phenoxy) is 2. The van der Waals surface area contributed by atoms with Crippen molar-refractivity contribution in [3.8, 4) is 17.2 Å². The maximum absolute atomic E-state index is 13.7. The lowest BCUT2D eigenvalue weighted by Gasteiger charge is -2.18. The van der Waals surface area contributed by atoms with E-state index in [9.17, 15) is 4.39 Å². The van der Waals surface area contributed by atoms with Gasteiger partial charge in [-0.25, -0.2) is 14.1 Å². The predicted molar refractivity (Wildman–Crippen MR) is 116 cm³/mol. The molecule has 162 valence electrons. The van der Waals surface area contributed by atoms with E-state index in [2.05, 4.69) is 15.4 Å². The summed E-state index contributed by atoms with van der Waals surface area (Å²) >= 11 is 0. The quantitative estimate of drug-likeness (QED) is 0.617. The number of halogens is 1. The smallest absolute Gasteiger partial charge is 0.246 e. The van der Waals surface area contributed by atoms with Crippen LogP contribution in [0.5, 0.6) is 11.5 Å². The molecule has 5 rings (SSSR count). The monoisotopic (exact) mass is 424 g/mol. The van der Waals surface area contributed by atoms with Crippen LogP contribution in [0.15, 0.2) is 36.7 Å². The second kappa shape index (κ2) is 8.05. The number of methoxy groups -OCH3 is 2. The van der Waals surface area contributed by atoms with Crippen molar-refractivity contribution in [2.75, 3.05) is 37.5 Å². The third-order valence-electron chi connectivity index (χ3n) is 5.63. The van der Waals surface area contributed by atoms with Gasteiger partial charge in [0.2, 0.25) is 5.95 Å². The molecule has 1 aliphatic heterocycles. The molecule has 1 N–H and O–H groups in total. The van der Waals surface area contributed by atoms with E-state index in [1.165, 1.54) is 0 Å². The Morgan fingerprint density at radius 1 is 1.03 bits per heavy atom. The number of hydrogen-bond donors (Lipinski definition) is 1. The van der Waals surface area contributed by atoms with Crippen molar-refractivity contribution < 1.29 is 13.9 Å². The van der Waals surface area contributed by atoms with E-state index in [-0.39, 0.29) is 0 Å². The largest absolute Gasteiger partial charge is 0.497 e. The standard InChI is InChI=1S/C22H25FN6O2/c1-30-18-9-17(10-19(11-18)31-2)29-13-24-22(27-29)25-16-7-20(14-3-4-14)26-21(8-16)28-6-5-15(23)12-28/h7-11,13-15H,3-6,12H2,1-2H3,(H,25,26,27)/t15-/m1/s1. The Kier molecular flexibility index (Phi) is 5.09. The van der Waals surface area contributed by atoms with Crippen LogP contribution in [0.1, 0.15) is 30.9 Å². The van der Waals surface area contributed by atoms with Crippen molar-refractivity contribution in [2.45, 2.75) is 31.4 Å². The van der Waals surface area contributed by atoms with Crippen molar-refractivity contribution in [1.82, 2.24) is 19.7 Å². The van der Waals surface area contributed by atoms with E-state index >= 15 is 0 Å². The molecule has 9 heteroatoms. The lowest BCUT2D eigenvalue weighted by molar-refractivity contribution is 0.364. The van der Waals surface area contributed by atoms with Gasteiger partial charge in [0.15, 0.2) is 0 Å². The highest BCUT2D eigenvalue weighted by atomic mass is 19.1. The van der Waals surface area contributed by atoms with Crippen LogP contribution in [0, 0.1) is 0 Å². The molecule has 2 fully saturated rings. The summed E-state index contributed by atoms with van der Waals surface area (Å²) in [4.78, 5) is 11.2. The second-order valence-corrected chi connectivity index (χ2v) is 7.95. The second-order valence-electron chi connectivity index (χ2n) is 7.95. The number of aromatic nitrogens is 4. The Hall–Kier alpha value is -3.36. The third-order valence-corrected chi connectivity index (χ3v) is 5.63. The fraction of sp³-hybridized carbons (Fsp3) is 0.409. The van der Waals surface area contributed by atoms with Gasteiger partial charge in [-0.1, -0.05) is 0 Å². The average molecular weight is 424 g/mol. The maximum Gasteiger partial charge on any atom is 0.246 e. The zero-order valence-electron chi connectivity index (χ0n) is 17.6. The Labute approximate surface area is 180 Å². The Bertz CT molecular complexity index is 1060. The number of hydrogen-bond acceptors (Lipinski definition) is 7. The van der Waals surface area contributed by atoms with Crippen molar-refractivity contribution in [2.24, 2.45) is 0 Å². The first-order chi connectivity index (χ1) is 15.1. The summed E-state index contributed by atoms with van der Waals surface area (Å²) in [5.74, 6) is 3.10. The summed E-state index contributed by atoms with van der Waals surface area (Å²) in [7, 11) is 3.22. The molecule has 1 saturated heterocycles. The molecule has 0 bridgehead atoms. The van der Waals surface area contributed by atoms with Crippen LogP contribution in [0.25, 0.3) is 5.69 Å². The number of rotatable bonds is 7. The van der Waals surface area contributed by atoms with E-state index in [4.69, 9.17) is 14.5 Å². The molecular formula is C22H25FN6O2. The minimum Gasteiger partial charge on any atom is -0.497 e. The van der Waals surface area contributed by atoms with Crippen molar-refractivity contribution in [1.29, 1.82) is 0 Å². The molecule has 8 nitrogen and oxygen atoms in total. The fourth-order valence-electron chi connectivity index (χ4n) is 3.78. The molecule has 0 amide bonds. The van der Waals surface area contributed by atoms with Crippen LogP contribution in [-0.2, 0) is 0 Å². The van der Waals surface area contributed by atoms with Gasteiger partial charge < -0.3 is 19.7 Å². The minimum atomic E-state index is -0.792.